The summed E-state index contributed by atoms with van der Waals surface area (Å²) in [6, 6.07) is 5.44. The summed E-state index contributed by atoms with van der Waals surface area (Å²) >= 11 is 1.29. The van der Waals surface area contributed by atoms with Crippen LogP contribution in [0.15, 0.2) is 35.4 Å². The van der Waals surface area contributed by atoms with E-state index in [2.05, 4.69) is 15.3 Å². The first-order chi connectivity index (χ1) is 12.3. The molecule has 0 bridgehead atoms. The van der Waals surface area contributed by atoms with Gasteiger partial charge in [0, 0.05) is 9.66 Å². The Balaban J connectivity index is 1.78. The van der Waals surface area contributed by atoms with Gasteiger partial charge in [0.25, 0.3) is 0 Å². The van der Waals surface area contributed by atoms with E-state index in [4.69, 9.17) is 5.53 Å². The molecule has 26 heavy (non-hydrogen) atoms. The molecule has 3 rings (SSSR count). The maximum atomic E-state index is 12.6. The van der Waals surface area contributed by atoms with Gasteiger partial charge in [-0.05, 0) is 24.9 Å². The summed E-state index contributed by atoms with van der Waals surface area (Å²) in [5.74, 6) is -2.41. The number of carbonyl (C=O) groups is 3. The number of nitrogens with one attached hydrogen (secondary N) is 1. The lowest BCUT2D eigenvalue weighted by Crippen LogP contribution is -2.71. The molecule has 1 N–H and O–H groups in total. The Morgan fingerprint density at radius 2 is 2.04 bits per heavy atom. The molecular weight excluding hydrogens is 358 g/mol. The molecule has 0 aliphatic carbocycles. The average molecular weight is 374 g/mol. The van der Waals surface area contributed by atoms with Crippen LogP contribution in [0.3, 0.4) is 0 Å². The van der Waals surface area contributed by atoms with Crippen LogP contribution in [0.4, 0.5) is 0 Å². The minimum atomic E-state index is -1.32. The molecule has 0 saturated carbocycles. The van der Waals surface area contributed by atoms with Gasteiger partial charge in [0.2, 0.25) is 11.8 Å². The van der Waals surface area contributed by atoms with Crippen LogP contribution in [0.2, 0.25) is 0 Å². The van der Waals surface area contributed by atoms with Crippen molar-refractivity contribution in [2.75, 3.05) is 0 Å². The summed E-state index contributed by atoms with van der Waals surface area (Å²) in [5.41, 5.74) is 9.24. The highest BCUT2D eigenvalue weighted by atomic mass is 32.2. The zero-order valence-electron chi connectivity index (χ0n) is 14.0. The number of amides is 2. The molecule has 1 aromatic carbocycles. The fourth-order valence-electron chi connectivity index (χ4n) is 3.32. The third-order valence-corrected chi connectivity index (χ3v) is 6.06. The summed E-state index contributed by atoms with van der Waals surface area (Å²) in [4.78, 5) is 40.3. The number of fused-ring (bicyclic) bond motifs is 1. The Morgan fingerprint density at radius 3 is 2.62 bits per heavy atom. The maximum absolute atomic E-state index is 12.6. The number of hydrogen-bond donors (Lipinski definition) is 1. The van der Waals surface area contributed by atoms with Crippen LogP contribution >= 0.6 is 11.8 Å². The minimum absolute atomic E-state index is 0.483. The Morgan fingerprint density at radius 1 is 1.38 bits per heavy atom. The molecule has 2 fully saturated rings. The first kappa shape index (κ1) is 18.1. The third-order valence-electron chi connectivity index (χ3n) is 4.49. The number of aliphatic carboxylic acids is 1. The lowest BCUT2D eigenvalue weighted by atomic mass is 9.95. The molecule has 2 heterocycles. The van der Waals surface area contributed by atoms with Gasteiger partial charge in [-0.25, -0.2) is 0 Å². The molecule has 9 nitrogen and oxygen atoms in total. The van der Waals surface area contributed by atoms with Crippen LogP contribution in [-0.4, -0.2) is 44.9 Å². The predicted molar refractivity (Wildman–Crippen MR) is 91.4 cm³/mol. The molecule has 0 spiro atoms. The summed E-state index contributed by atoms with van der Waals surface area (Å²) in [6.07, 6.45) is 0. The van der Waals surface area contributed by atoms with Crippen molar-refractivity contribution in [3.05, 3.63) is 46.3 Å². The second-order valence-corrected chi connectivity index (χ2v) is 8.35. The largest absolute Gasteiger partial charge is 0.548 e. The van der Waals surface area contributed by atoms with Crippen LogP contribution in [0.5, 0.6) is 0 Å². The molecule has 136 valence electrons. The standard InChI is InChI=1S/C16H17N5O4S/c1-16(2)11(15(24)25)21-13(23)10(14(21)26-16)18-12(22)9(19-20-17)8-6-4-3-5-7-8/h3-7,9-11,14H,1-2H3,(H,18,22)(H,24,25)/p-1/t9-,10-,11+,14-/m1/s1. The fourth-order valence-corrected chi connectivity index (χ4v) is 4.94. The Labute approximate surface area is 153 Å². The lowest BCUT2D eigenvalue weighted by molar-refractivity contribution is -0.312. The van der Waals surface area contributed by atoms with E-state index in [1.807, 2.05) is 0 Å². The summed E-state index contributed by atoms with van der Waals surface area (Å²) in [6.45, 7) is 3.44. The summed E-state index contributed by atoms with van der Waals surface area (Å²) in [7, 11) is 0. The first-order valence-electron chi connectivity index (χ1n) is 7.88. The van der Waals surface area contributed by atoms with E-state index in [0.717, 1.165) is 0 Å². The average Bonchev–Trinajstić information content (AvgIpc) is 2.86. The highest BCUT2D eigenvalue weighted by Gasteiger charge is 2.62. The van der Waals surface area contributed by atoms with Crippen molar-refractivity contribution in [1.82, 2.24) is 10.2 Å². The van der Waals surface area contributed by atoms with Gasteiger partial charge in [-0.1, -0.05) is 35.4 Å². The number of azide groups is 1. The van der Waals surface area contributed by atoms with E-state index in [-0.39, 0.29) is 0 Å². The smallest absolute Gasteiger partial charge is 0.249 e. The first-order valence-corrected chi connectivity index (χ1v) is 8.76. The van der Waals surface area contributed by atoms with Crippen LogP contribution in [0.1, 0.15) is 25.5 Å². The van der Waals surface area contributed by atoms with E-state index >= 15 is 0 Å². The number of hydrogen-bond acceptors (Lipinski definition) is 6. The van der Waals surface area contributed by atoms with Crippen LogP contribution in [-0.2, 0) is 14.4 Å². The van der Waals surface area contributed by atoms with E-state index in [0.29, 0.717) is 5.56 Å². The van der Waals surface area contributed by atoms with Crippen molar-refractivity contribution in [2.45, 2.75) is 42.1 Å². The number of β-lactam (4-membered cyclic amide) rings is 1. The number of carboxylic acids is 1. The van der Waals surface area contributed by atoms with Gasteiger partial charge < -0.3 is 20.1 Å². The van der Waals surface area contributed by atoms with Crippen LogP contribution < -0.4 is 10.4 Å². The van der Waals surface area contributed by atoms with Crippen molar-refractivity contribution in [2.24, 2.45) is 5.11 Å². The number of carbonyl (C=O) groups excluding carboxylic acids is 3. The van der Waals surface area contributed by atoms with Gasteiger partial charge in [-0.15, -0.1) is 11.8 Å². The Hall–Kier alpha value is -2.71. The molecule has 2 saturated heterocycles. The zero-order valence-corrected chi connectivity index (χ0v) is 14.8. The SMILES string of the molecule is CC1(C)S[C@@H]2[C@H](NC(=O)[C@H](N=[N+]=[N-])c3ccccc3)C(=O)N2[C@H]1C(=O)[O-]. The van der Waals surface area contributed by atoms with Crippen molar-refractivity contribution in [3.8, 4) is 0 Å². The summed E-state index contributed by atoms with van der Waals surface area (Å²) < 4.78 is -0.734. The monoisotopic (exact) mass is 374 g/mol. The molecule has 0 aromatic heterocycles. The fraction of sp³-hybridized carbons (Fsp3) is 0.438. The van der Waals surface area contributed by atoms with E-state index in [9.17, 15) is 19.5 Å². The summed E-state index contributed by atoms with van der Waals surface area (Å²) in [5, 5.41) is 17.0. The highest BCUT2D eigenvalue weighted by Crippen LogP contribution is 2.50. The molecule has 0 unspecified atom stereocenters. The molecule has 2 aliphatic heterocycles. The number of rotatable bonds is 5. The van der Waals surface area contributed by atoms with E-state index < -0.39 is 46.0 Å². The molecule has 2 aliphatic rings. The quantitative estimate of drug-likeness (QED) is 0.343. The molecule has 2 amide bonds. The van der Waals surface area contributed by atoms with Crippen molar-refractivity contribution in [3.63, 3.8) is 0 Å². The number of thioether (sulfide) groups is 1. The molecule has 0 radical (unpaired) electrons. The van der Waals surface area contributed by atoms with E-state index in [1.165, 1.54) is 16.7 Å². The molecule has 4 atom stereocenters. The Kier molecular flexibility index (Phi) is 4.55. The van der Waals surface area contributed by atoms with Crippen LogP contribution in [0, 0.1) is 0 Å². The van der Waals surface area contributed by atoms with Gasteiger partial charge in [-0.3, -0.25) is 9.59 Å². The number of nitrogens with zero attached hydrogens (tertiary/aromatic N) is 4. The van der Waals surface area contributed by atoms with Gasteiger partial charge in [-0.2, -0.15) is 0 Å². The predicted octanol–water partition coefficient (Wildman–Crippen LogP) is 0.335. The van der Waals surface area contributed by atoms with Gasteiger partial charge in [0.1, 0.15) is 17.5 Å². The number of carboxylic acid groups (broad SMARTS) is 1. The molecular formula is C16H16N5O4S-. The van der Waals surface area contributed by atoms with Crippen molar-refractivity contribution < 1.29 is 19.5 Å². The lowest BCUT2D eigenvalue weighted by Gasteiger charge is -2.45. The topological polar surface area (TPSA) is 138 Å². The Bertz CT molecular complexity index is 808. The third kappa shape index (κ3) is 2.87. The normalized spacial score (nSPS) is 26.9. The van der Waals surface area contributed by atoms with Crippen LogP contribution in [0.25, 0.3) is 10.4 Å². The van der Waals surface area contributed by atoms with Gasteiger partial charge in [0.15, 0.2) is 0 Å². The minimum Gasteiger partial charge on any atom is -0.548 e. The zero-order chi connectivity index (χ0) is 19.1. The second-order valence-electron chi connectivity index (χ2n) is 6.58. The number of benzene rings is 1. The second kappa shape index (κ2) is 6.54. The van der Waals surface area contributed by atoms with Crippen molar-refractivity contribution in [1.29, 1.82) is 0 Å². The maximum Gasteiger partial charge on any atom is 0.249 e. The highest BCUT2D eigenvalue weighted by molar-refractivity contribution is 8.01. The van der Waals surface area contributed by atoms with Crippen molar-refractivity contribution >= 4 is 29.5 Å². The van der Waals surface area contributed by atoms with Gasteiger partial charge >= 0.3 is 0 Å². The molecule has 1 aromatic rings. The van der Waals surface area contributed by atoms with Gasteiger partial charge in [0.05, 0.1) is 12.0 Å². The molecule has 10 heteroatoms. The van der Waals surface area contributed by atoms with E-state index in [1.54, 1.807) is 44.2 Å².